The molecule has 3 rings (SSSR count). The Morgan fingerprint density at radius 3 is 3.10 bits per heavy atom. The van der Waals surface area contributed by atoms with Crippen LogP contribution in [0.3, 0.4) is 0 Å². The molecule has 108 valence electrons. The zero-order valence-corrected chi connectivity index (χ0v) is 13.1. The number of amides is 1. The molecule has 0 radical (unpaired) electrons. The monoisotopic (exact) mass is 340 g/mol. The first kappa shape index (κ1) is 14.4. The molecule has 1 aromatic heterocycles. The van der Waals surface area contributed by atoms with E-state index in [0.29, 0.717) is 22.2 Å². The zero-order valence-electron chi connectivity index (χ0n) is 10.8. The van der Waals surface area contributed by atoms with E-state index < -0.39 is 6.09 Å². The topological polar surface area (TPSA) is 42.4 Å². The van der Waals surface area contributed by atoms with Gasteiger partial charge in [-0.15, -0.1) is 11.3 Å². The number of carbonyl (C=O) groups is 1. The number of carbonyl (C=O) groups excluding carboxylic acids is 1. The van der Waals surface area contributed by atoms with Gasteiger partial charge in [0.05, 0.1) is 22.6 Å². The highest BCUT2D eigenvalue weighted by Crippen LogP contribution is 2.24. The van der Waals surface area contributed by atoms with E-state index in [-0.39, 0.29) is 6.61 Å². The Hall–Kier alpha value is -1.56. The quantitative estimate of drug-likeness (QED) is 0.803. The Labute approximate surface area is 135 Å². The predicted octanol–water partition coefficient (Wildman–Crippen LogP) is 4.57. The third-order valence-electron chi connectivity index (χ3n) is 3.00. The maximum absolute atomic E-state index is 12.0. The summed E-state index contributed by atoms with van der Waals surface area (Å²) in [6, 6.07) is 5.07. The summed E-state index contributed by atoms with van der Waals surface area (Å²) in [6.07, 6.45) is 3.05. The van der Waals surface area contributed by atoms with Gasteiger partial charge in [0.25, 0.3) is 0 Å². The normalized spacial score (nSPS) is 13.1. The van der Waals surface area contributed by atoms with E-state index in [1.807, 2.05) is 0 Å². The van der Waals surface area contributed by atoms with Crippen molar-refractivity contribution in [2.75, 3.05) is 0 Å². The van der Waals surface area contributed by atoms with Crippen molar-refractivity contribution in [3.05, 3.63) is 56.1 Å². The number of nitrogens with zero attached hydrogens (tertiary/aromatic N) is 2. The number of hydrogen-bond donors (Lipinski definition) is 0. The first-order valence-electron chi connectivity index (χ1n) is 6.11. The van der Waals surface area contributed by atoms with Crippen LogP contribution >= 0.6 is 34.5 Å². The minimum atomic E-state index is -0.420. The number of aromatic nitrogens is 1. The van der Waals surface area contributed by atoms with Crippen LogP contribution in [0.25, 0.3) is 6.08 Å². The summed E-state index contributed by atoms with van der Waals surface area (Å²) in [5.74, 6) is 0. The van der Waals surface area contributed by atoms with Crippen molar-refractivity contribution in [1.82, 2.24) is 9.88 Å². The molecule has 0 spiro atoms. The molecule has 0 N–H and O–H groups in total. The second kappa shape index (κ2) is 6.05. The van der Waals surface area contributed by atoms with Crippen molar-refractivity contribution in [2.45, 2.75) is 13.2 Å². The van der Waals surface area contributed by atoms with Crippen LogP contribution in [0.15, 0.2) is 29.9 Å². The number of rotatable bonds is 2. The van der Waals surface area contributed by atoms with Crippen LogP contribution in [-0.4, -0.2) is 16.0 Å². The lowest BCUT2D eigenvalue weighted by Gasteiger charge is -2.20. The number of halogens is 2. The smallest absolute Gasteiger partial charge is 0.414 e. The molecule has 0 saturated heterocycles. The minimum Gasteiger partial charge on any atom is -0.444 e. The lowest BCUT2D eigenvalue weighted by Crippen LogP contribution is -2.27. The molecule has 0 aliphatic carbocycles. The zero-order chi connectivity index (χ0) is 14.8. The summed E-state index contributed by atoms with van der Waals surface area (Å²) in [7, 11) is 0. The third-order valence-corrected chi connectivity index (χ3v) is 4.42. The van der Waals surface area contributed by atoms with Gasteiger partial charge in [0.15, 0.2) is 0 Å². The molecule has 4 nitrogen and oxygen atoms in total. The Morgan fingerprint density at radius 2 is 2.29 bits per heavy atom. The van der Waals surface area contributed by atoms with Crippen molar-refractivity contribution in [2.24, 2.45) is 0 Å². The molecule has 0 fully saturated rings. The van der Waals surface area contributed by atoms with Gasteiger partial charge in [-0.25, -0.2) is 9.78 Å². The van der Waals surface area contributed by atoms with Crippen LogP contribution in [-0.2, 0) is 17.9 Å². The Bertz CT molecular complexity index is 715. The van der Waals surface area contributed by atoms with Gasteiger partial charge in [-0.05, 0) is 18.2 Å². The average molecular weight is 341 g/mol. The molecule has 21 heavy (non-hydrogen) atoms. The lowest BCUT2D eigenvalue weighted by atomic mass is 10.2. The van der Waals surface area contributed by atoms with E-state index in [1.165, 1.54) is 16.2 Å². The molecule has 0 atom stereocenters. The van der Waals surface area contributed by atoms with Gasteiger partial charge in [0.2, 0.25) is 0 Å². The van der Waals surface area contributed by atoms with Crippen LogP contribution in [0.4, 0.5) is 4.79 Å². The van der Waals surface area contributed by atoms with Gasteiger partial charge in [0.1, 0.15) is 6.61 Å². The second-order valence-corrected chi connectivity index (χ2v) is 6.18. The number of thiazole rings is 1. The first-order valence-corrected chi connectivity index (χ1v) is 7.75. The summed E-state index contributed by atoms with van der Waals surface area (Å²) in [5, 5.41) is 1.03. The Balaban J connectivity index is 1.62. The van der Waals surface area contributed by atoms with Crippen molar-refractivity contribution >= 4 is 46.7 Å². The molecular formula is C14H10Cl2N2O2S. The maximum atomic E-state index is 12.0. The van der Waals surface area contributed by atoms with Crippen molar-refractivity contribution in [3.63, 3.8) is 0 Å². The molecule has 1 aromatic carbocycles. The molecule has 2 heterocycles. The van der Waals surface area contributed by atoms with E-state index in [9.17, 15) is 4.79 Å². The summed E-state index contributed by atoms with van der Waals surface area (Å²) in [4.78, 5) is 18.8. The maximum Gasteiger partial charge on any atom is 0.414 e. The molecule has 0 unspecified atom stereocenters. The summed E-state index contributed by atoms with van der Waals surface area (Å²) in [5.41, 5.74) is 3.39. The van der Waals surface area contributed by atoms with Crippen LogP contribution < -0.4 is 0 Å². The fraction of sp³-hybridized carbons (Fsp3) is 0.143. The highest BCUT2D eigenvalue weighted by Gasteiger charge is 2.19. The molecule has 0 bridgehead atoms. The second-order valence-electron chi connectivity index (χ2n) is 4.39. The number of benzene rings is 1. The van der Waals surface area contributed by atoms with Crippen LogP contribution in [0, 0.1) is 0 Å². The summed E-state index contributed by atoms with van der Waals surface area (Å²) >= 11 is 13.4. The van der Waals surface area contributed by atoms with Crippen molar-refractivity contribution in [1.29, 1.82) is 0 Å². The number of ether oxygens (including phenoxy) is 1. The largest absolute Gasteiger partial charge is 0.444 e. The number of fused-ring (bicyclic) bond motifs is 1. The molecule has 0 saturated carbocycles. The summed E-state index contributed by atoms with van der Waals surface area (Å²) in [6.45, 7) is 0.582. The van der Waals surface area contributed by atoms with E-state index >= 15 is 0 Å². The van der Waals surface area contributed by atoms with E-state index in [2.05, 4.69) is 4.98 Å². The van der Waals surface area contributed by atoms with Gasteiger partial charge < -0.3 is 4.74 Å². The van der Waals surface area contributed by atoms with Crippen molar-refractivity contribution in [3.8, 4) is 0 Å². The predicted molar refractivity (Wildman–Crippen MR) is 83.3 cm³/mol. The fourth-order valence-corrected chi connectivity index (χ4v) is 3.10. The Morgan fingerprint density at radius 1 is 1.43 bits per heavy atom. The highest BCUT2D eigenvalue weighted by atomic mass is 35.5. The summed E-state index contributed by atoms with van der Waals surface area (Å²) < 4.78 is 5.27. The standard InChI is InChI=1S/C14H10Cl2N2O2S/c15-10-2-1-9(11(16)5-10)7-20-14(19)18-4-3-12-13(6-18)21-8-17-12/h1-5,8H,6-7H2. The van der Waals surface area contributed by atoms with Crippen LogP contribution in [0.2, 0.25) is 10.0 Å². The van der Waals surface area contributed by atoms with Gasteiger partial charge in [-0.3, -0.25) is 4.90 Å². The average Bonchev–Trinajstić information content (AvgIpc) is 2.93. The van der Waals surface area contributed by atoms with Gasteiger partial charge in [-0.2, -0.15) is 0 Å². The third kappa shape index (κ3) is 3.20. The molecule has 7 heteroatoms. The van der Waals surface area contributed by atoms with Gasteiger partial charge in [-0.1, -0.05) is 29.3 Å². The minimum absolute atomic E-state index is 0.106. The fourth-order valence-electron chi connectivity index (χ4n) is 1.89. The first-order chi connectivity index (χ1) is 10.1. The van der Waals surface area contributed by atoms with Crippen LogP contribution in [0.5, 0.6) is 0 Å². The van der Waals surface area contributed by atoms with Gasteiger partial charge in [0, 0.05) is 21.8 Å². The van der Waals surface area contributed by atoms with E-state index in [1.54, 1.807) is 36.0 Å². The highest BCUT2D eigenvalue weighted by molar-refractivity contribution is 7.09. The Kier molecular flexibility index (Phi) is 4.14. The molecule has 1 aliphatic heterocycles. The molecule has 1 amide bonds. The van der Waals surface area contributed by atoms with Crippen LogP contribution in [0.1, 0.15) is 16.1 Å². The molecular weight excluding hydrogens is 331 g/mol. The van der Waals surface area contributed by atoms with Gasteiger partial charge >= 0.3 is 6.09 Å². The van der Waals surface area contributed by atoms with Crippen molar-refractivity contribution < 1.29 is 9.53 Å². The lowest BCUT2D eigenvalue weighted by molar-refractivity contribution is 0.109. The molecule has 2 aromatic rings. The number of hydrogen-bond acceptors (Lipinski definition) is 4. The van der Waals surface area contributed by atoms with E-state index in [0.717, 1.165) is 10.6 Å². The SMILES string of the molecule is O=C(OCc1ccc(Cl)cc1Cl)N1C=Cc2ncsc2C1. The van der Waals surface area contributed by atoms with E-state index in [4.69, 9.17) is 27.9 Å². The molecule has 1 aliphatic rings.